The summed E-state index contributed by atoms with van der Waals surface area (Å²) in [7, 11) is 3.62. The highest BCUT2D eigenvalue weighted by molar-refractivity contribution is 5.87. The molecule has 2 aromatic heterocycles. The summed E-state index contributed by atoms with van der Waals surface area (Å²) in [6.45, 7) is 0. The van der Waals surface area contributed by atoms with Crippen LogP contribution >= 0.6 is 0 Å². The Labute approximate surface area is 181 Å². The SMILES string of the molecule is C#Cc1cccc(Nc2ncnc3cnc(NC4CCC(C(=O)N(C)C)CC4)nc23)c1. The summed E-state index contributed by atoms with van der Waals surface area (Å²) < 4.78 is 0. The Kier molecular flexibility index (Phi) is 5.94. The van der Waals surface area contributed by atoms with Crippen LogP contribution in [0.5, 0.6) is 0 Å². The van der Waals surface area contributed by atoms with Gasteiger partial charge in [0.2, 0.25) is 11.9 Å². The van der Waals surface area contributed by atoms with Gasteiger partial charge in [0.1, 0.15) is 17.4 Å². The van der Waals surface area contributed by atoms with Crippen LogP contribution in [-0.4, -0.2) is 50.9 Å². The molecule has 0 radical (unpaired) electrons. The molecule has 1 aliphatic rings. The van der Waals surface area contributed by atoms with Crippen LogP contribution < -0.4 is 10.6 Å². The smallest absolute Gasteiger partial charge is 0.225 e. The van der Waals surface area contributed by atoms with Crippen molar-refractivity contribution in [2.24, 2.45) is 5.92 Å². The normalized spacial score (nSPS) is 18.2. The summed E-state index contributed by atoms with van der Waals surface area (Å²) >= 11 is 0. The molecular formula is C23H25N7O. The van der Waals surface area contributed by atoms with E-state index in [4.69, 9.17) is 6.42 Å². The van der Waals surface area contributed by atoms with Crippen LogP contribution in [0.15, 0.2) is 36.8 Å². The van der Waals surface area contributed by atoms with E-state index in [1.807, 2.05) is 38.4 Å². The highest BCUT2D eigenvalue weighted by Crippen LogP contribution is 2.28. The van der Waals surface area contributed by atoms with E-state index in [9.17, 15) is 4.79 Å². The van der Waals surface area contributed by atoms with Gasteiger partial charge in [-0.15, -0.1) is 6.42 Å². The fourth-order valence-corrected chi connectivity index (χ4v) is 3.87. The molecule has 1 aliphatic carbocycles. The third kappa shape index (κ3) is 4.72. The van der Waals surface area contributed by atoms with Gasteiger partial charge in [0, 0.05) is 37.3 Å². The lowest BCUT2D eigenvalue weighted by molar-refractivity contribution is -0.133. The number of terminal acetylenes is 1. The third-order valence-corrected chi connectivity index (χ3v) is 5.52. The summed E-state index contributed by atoms with van der Waals surface area (Å²) in [5.41, 5.74) is 2.88. The second-order valence-electron chi connectivity index (χ2n) is 7.93. The number of anilines is 3. The zero-order valence-corrected chi connectivity index (χ0v) is 17.7. The van der Waals surface area contributed by atoms with Gasteiger partial charge in [0.25, 0.3) is 0 Å². The number of hydrogen-bond donors (Lipinski definition) is 2. The molecule has 4 rings (SSSR count). The van der Waals surface area contributed by atoms with E-state index in [1.54, 1.807) is 11.1 Å². The topological polar surface area (TPSA) is 95.9 Å². The Balaban J connectivity index is 1.50. The highest BCUT2D eigenvalue weighted by Gasteiger charge is 2.27. The molecule has 0 atom stereocenters. The molecule has 0 aliphatic heterocycles. The van der Waals surface area contributed by atoms with Crippen molar-refractivity contribution in [3.63, 3.8) is 0 Å². The second-order valence-corrected chi connectivity index (χ2v) is 7.93. The van der Waals surface area contributed by atoms with E-state index in [-0.39, 0.29) is 17.9 Å². The Morgan fingerprint density at radius 1 is 1.16 bits per heavy atom. The number of carbonyl (C=O) groups is 1. The van der Waals surface area contributed by atoms with Gasteiger partial charge in [-0.2, -0.15) is 0 Å². The molecule has 31 heavy (non-hydrogen) atoms. The van der Waals surface area contributed by atoms with Crippen molar-refractivity contribution < 1.29 is 4.79 Å². The average molecular weight is 416 g/mol. The van der Waals surface area contributed by atoms with Crippen LogP contribution in [0.1, 0.15) is 31.2 Å². The minimum Gasteiger partial charge on any atom is -0.351 e. The van der Waals surface area contributed by atoms with Gasteiger partial charge in [-0.1, -0.05) is 12.0 Å². The molecule has 0 spiro atoms. The molecular weight excluding hydrogens is 390 g/mol. The fourth-order valence-electron chi connectivity index (χ4n) is 3.87. The maximum absolute atomic E-state index is 12.2. The summed E-state index contributed by atoms with van der Waals surface area (Å²) in [4.78, 5) is 31.6. The molecule has 2 N–H and O–H groups in total. The van der Waals surface area contributed by atoms with Crippen LogP contribution in [0, 0.1) is 18.3 Å². The van der Waals surface area contributed by atoms with E-state index in [1.165, 1.54) is 6.33 Å². The number of nitrogens with one attached hydrogen (secondary N) is 2. The van der Waals surface area contributed by atoms with Gasteiger partial charge >= 0.3 is 0 Å². The number of rotatable bonds is 5. The van der Waals surface area contributed by atoms with Crippen molar-refractivity contribution in [2.75, 3.05) is 24.7 Å². The van der Waals surface area contributed by atoms with Crippen molar-refractivity contribution in [2.45, 2.75) is 31.7 Å². The number of aromatic nitrogens is 4. The molecule has 1 amide bonds. The van der Waals surface area contributed by atoms with Crippen molar-refractivity contribution >= 4 is 34.4 Å². The van der Waals surface area contributed by atoms with Crippen LogP contribution in [0.3, 0.4) is 0 Å². The molecule has 2 heterocycles. The predicted octanol–water partition coefficient (Wildman–Crippen LogP) is 3.20. The number of hydrogen-bond acceptors (Lipinski definition) is 7. The van der Waals surface area contributed by atoms with E-state index in [2.05, 4.69) is 36.5 Å². The quantitative estimate of drug-likeness (QED) is 0.618. The number of nitrogens with zero attached hydrogens (tertiary/aromatic N) is 5. The molecule has 0 bridgehead atoms. The number of carbonyl (C=O) groups excluding carboxylic acids is 1. The first-order chi connectivity index (χ1) is 15.0. The fraction of sp³-hybridized carbons (Fsp3) is 0.348. The van der Waals surface area contributed by atoms with Gasteiger partial charge in [-0.25, -0.2) is 19.9 Å². The summed E-state index contributed by atoms with van der Waals surface area (Å²) in [5, 5.41) is 6.69. The van der Waals surface area contributed by atoms with Gasteiger partial charge in [0.15, 0.2) is 5.82 Å². The van der Waals surface area contributed by atoms with Crippen molar-refractivity contribution in [3.8, 4) is 12.3 Å². The molecule has 1 saturated carbocycles. The minimum atomic E-state index is 0.105. The maximum atomic E-state index is 12.2. The summed E-state index contributed by atoms with van der Waals surface area (Å²) in [5.74, 6) is 4.06. The van der Waals surface area contributed by atoms with Crippen LogP contribution in [0.2, 0.25) is 0 Å². The lowest BCUT2D eigenvalue weighted by Crippen LogP contribution is -2.35. The standard InChI is InChI=1S/C23H25N7O/c1-4-15-6-5-7-18(12-15)27-21-20-19(25-14-26-21)13-24-23(29-20)28-17-10-8-16(9-11-17)22(31)30(2)3/h1,5-7,12-14,16-17H,8-11H2,2-3H3,(H,24,28,29)(H,25,26,27). The maximum Gasteiger partial charge on any atom is 0.225 e. The first-order valence-corrected chi connectivity index (χ1v) is 10.3. The Morgan fingerprint density at radius 2 is 1.97 bits per heavy atom. The van der Waals surface area contributed by atoms with Gasteiger partial charge in [-0.3, -0.25) is 4.79 Å². The first kappa shape index (κ1) is 20.5. The minimum absolute atomic E-state index is 0.105. The Bertz CT molecular complexity index is 1130. The molecule has 3 aromatic rings. The molecule has 8 nitrogen and oxygen atoms in total. The second kappa shape index (κ2) is 8.96. The molecule has 1 aromatic carbocycles. The number of amides is 1. The molecule has 0 unspecified atom stereocenters. The van der Waals surface area contributed by atoms with Gasteiger partial charge in [-0.05, 0) is 43.9 Å². The van der Waals surface area contributed by atoms with Crippen molar-refractivity contribution in [3.05, 3.63) is 42.4 Å². The molecule has 158 valence electrons. The Hall–Kier alpha value is -3.73. The highest BCUT2D eigenvalue weighted by atomic mass is 16.2. The van der Waals surface area contributed by atoms with Crippen LogP contribution in [-0.2, 0) is 4.79 Å². The van der Waals surface area contributed by atoms with E-state index in [0.717, 1.165) is 36.9 Å². The van der Waals surface area contributed by atoms with Gasteiger partial charge in [0.05, 0.1) is 6.20 Å². The predicted molar refractivity (Wildman–Crippen MR) is 121 cm³/mol. The van der Waals surface area contributed by atoms with Gasteiger partial charge < -0.3 is 15.5 Å². The third-order valence-electron chi connectivity index (χ3n) is 5.52. The molecule has 1 fully saturated rings. The Morgan fingerprint density at radius 3 is 2.71 bits per heavy atom. The lowest BCUT2D eigenvalue weighted by atomic mass is 9.85. The number of benzene rings is 1. The summed E-state index contributed by atoms with van der Waals surface area (Å²) in [6.07, 6.45) is 12.2. The first-order valence-electron chi connectivity index (χ1n) is 10.3. The number of fused-ring (bicyclic) bond motifs is 1. The monoisotopic (exact) mass is 415 g/mol. The van der Waals surface area contributed by atoms with Crippen LogP contribution in [0.25, 0.3) is 11.0 Å². The van der Waals surface area contributed by atoms with E-state index >= 15 is 0 Å². The van der Waals surface area contributed by atoms with E-state index < -0.39 is 0 Å². The van der Waals surface area contributed by atoms with Crippen molar-refractivity contribution in [1.29, 1.82) is 0 Å². The largest absolute Gasteiger partial charge is 0.351 e. The zero-order valence-electron chi connectivity index (χ0n) is 17.7. The van der Waals surface area contributed by atoms with E-state index in [0.29, 0.717) is 22.8 Å². The molecule has 0 saturated heterocycles. The summed E-state index contributed by atoms with van der Waals surface area (Å²) in [6, 6.07) is 7.79. The lowest BCUT2D eigenvalue weighted by Gasteiger charge is -2.29. The van der Waals surface area contributed by atoms with Crippen molar-refractivity contribution in [1.82, 2.24) is 24.8 Å². The molecule has 8 heteroatoms. The average Bonchev–Trinajstić information content (AvgIpc) is 2.79. The van der Waals surface area contributed by atoms with Crippen LogP contribution in [0.4, 0.5) is 17.5 Å². The zero-order chi connectivity index (χ0) is 21.8.